The number of nitrogens with zero attached hydrogens (tertiary/aromatic N) is 8. The average Bonchev–Trinajstić information content (AvgIpc) is 4.16. The lowest BCUT2D eigenvalue weighted by Crippen LogP contribution is -2.59. The molecule has 0 spiro atoms. The van der Waals surface area contributed by atoms with Crippen molar-refractivity contribution in [3.05, 3.63) is 88.6 Å². The molecule has 5 amide bonds. The van der Waals surface area contributed by atoms with Crippen molar-refractivity contribution in [1.29, 1.82) is 5.26 Å². The van der Waals surface area contributed by atoms with Crippen LogP contribution in [0.4, 0.5) is 16.0 Å². The van der Waals surface area contributed by atoms with E-state index in [1.54, 1.807) is 25.9 Å². The van der Waals surface area contributed by atoms with Gasteiger partial charge >= 0.3 is 0 Å². The van der Waals surface area contributed by atoms with Gasteiger partial charge < -0.3 is 56.5 Å². The summed E-state index contributed by atoms with van der Waals surface area (Å²) in [6.45, 7) is 11.9. The van der Waals surface area contributed by atoms with E-state index in [1.807, 2.05) is 62.9 Å². The van der Waals surface area contributed by atoms with E-state index in [4.69, 9.17) is 25.3 Å². The standard InChI is InChI=1S/C54H73FN14O7/c1-8-39(34-13-10-9-11-14-34)63-51(72)43-28-36(31-68(43)53(74)47(54(3,4)5)64-50(71)33(2)58-6)59-20-24-76-26-25-75-23-18-45(70)60-19-22-69-44(29-56)46-40-30-61-48(57)49(62-40)67-21-12-15-42(67)38-27-35(55)16-17-37(38)52(73)66(7)32-41(46)65-69/h9-11,13-14,16-17,27,30,33,36,39,42-43,47,58-59H,8,12,15,18-26,28,31-32H2,1-7H3,(H2,57,61)(H,60,70)(H,63,72)(H,64,71)/t33-,36-,39+,42-,43-,47+/m1/s1. The summed E-state index contributed by atoms with van der Waals surface area (Å²) in [6.07, 6.45) is 3.98. The second kappa shape index (κ2) is 25.7. The van der Waals surface area contributed by atoms with E-state index in [1.165, 1.54) is 34.0 Å². The van der Waals surface area contributed by atoms with Gasteiger partial charge in [0, 0.05) is 51.3 Å². The number of nitrogen functional groups attached to an aromatic ring is 1. The number of rotatable bonds is 21. The molecule has 3 aliphatic heterocycles. The largest absolute Gasteiger partial charge is 0.381 e. The molecular weight excluding hydrogens is 976 g/mol. The highest BCUT2D eigenvalue weighted by atomic mass is 19.1. The Labute approximate surface area is 443 Å². The number of carbonyl (C=O) groups is 5. The van der Waals surface area contributed by atoms with Gasteiger partial charge in [-0.15, -0.1) is 0 Å². The van der Waals surface area contributed by atoms with E-state index in [2.05, 4.69) is 37.6 Å². The lowest BCUT2D eigenvalue weighted by atomic mass is 9.85. The lowest BCUT2D eigenvalue weighted by Gasteiger charge is -2.36. The Hall–Kier alpha value is -7.06. The molecule has 2 aromatic heterocycles. The van der Waals surface area contributed by atoms with Crippen LogP contribution in [0.25, 0.3) is 11.3 Å². The molecule has 408 valence electrons. The molecule has 7 N–H and O–H groups in total. The summed E-state index contributed by atoms with van der Waals surface area (Å²) in [6, 6.07) is 13.1. The number of fused-ring (bicyclic) bond motifs is 8. The highest BCUT2D eigenvalue weighted by Gasteiger charge is 2.45. The molecule has 22 heteroatoms. The van der Waals surface area contributed by atoms with Gasteiger partial charge in [0.2, 0.25) is 23.6 Å². The molecule has 0 aliphatic carbocycles. The number of nitrogens with one attached hydrogen (secondary N) is 5. The Morgan fingerprint density at radius 3 is 2.49 bits per heavy atom. The molecule has 0 saturated carbocycles. The monoisotopic (exact) mass is 1050 g/mol. The van der Waals surface area contributed by atoms with Crippen LogP contribution in [0.3, 0.4) is 0 Å². The quantitative estimate of drug-likeness (QED) is 0.0654. The molecule has 0 radical (unpaired) electrons. The lowest BCUT2D eigenvalue weighted by molar-refractivity contribution is -0.144. The van der Waals surface area contributed by atoms with Gasteiger partial charge in [-0.2, -0.15) is 10.4 Å². The fraction of sp³-hybridized carbons (Fsp3) is 0.537. The fourth-order valence-corrected chi connectivity index (χ4v) is 10.0. The molecule has 21 nitrogen and oxygen atoms in total. The van der Waals surface area contributed by atoms with E-state index < -0.39 is 29.4 Å². The SMILES string of the molecule is CC[C@H](NC(=O)[C@H]1C[C@@H](NCCOCCOCCC(=O)NCCn2nc3c(c2C#N)-c2cnc(N)c(n2)N2CCC[C@@H]2c2cc(F)ccc2C(=O)N(C)C3)CN1C(=O)[C@H](NC(=O)[C@@H](C)NC)C(C)(C)C)c1ccccc1. The Kier molecular flexibility index (Phi) is 19.1. The smallest absolute Gasteiger partial charge is 0.254 e. The second-order valence-electron chi connectivity index (χ2n) is 20.6. The van der Waals surface area contributed by atoms with Gasteiger partial charge in [0.1, 0.15) is 29.7 Å². The number of amides is 5. The number of benzene rings is 2. The molecule has 5 heterocycles. The van der Waals surface area contributed by atoms with Crippen molar-refractivity contribution in [3.63, 3.8) is 0 Å². The van der Waals surface area contributed by atoms with Crippen LogP contribution in [-0.4, -0.2) is 150 Å². The minimum atomic E-state index is -0.876. The highest BCUT2D eigenvalue weighted by molar-refractivity contribution is 5.96. The third kappa shape index (κ3) is 13.5. The number of hydrogen-bond acceptors (Lipinski definition) is 15. The van der Waals surface area contributed by atoms with Gasteiger partial charge in [-0.1, -0.05) is 58.0 Å². The van der Waals surface area contributed by atoms with Crippen LogP contribution in [0.15, 0.2) is 54.7 Å². The number of halogens is 1. The summed E-state index contributed by atoms with van der Waals surface area (Å²) < 4.78 is 27.7. The number of aromatic nitrogens is 4. The maximum atomic E-state index is 14.7. The zero-order valence-electron chi connectivity index (χ0n) is 44.7. The number of nitriles is 1. The van der Waals surface area contributed by atoms with Crippen molar-refractivity contribution in [1.82, 2.24) is 56.1 Å². The summed E-state index contributed by atoms with van der Waals surface area (Å²) in [5, 5.41) is 30.6. The van der Waals surface area contributed by atoms with E-state index in [9.17, 15) is 33.6 Å². The topological polar surface area (TPSA) is 267 Å². The van der Waals surface area contributed by atoms with Gasteiger partial charge in [-0.05, 0) is 74.4 Å². The number of ether oxygens (including phenoxy) is 2. The first-order chi connectivity index (χ1) is 36.4. The minimum Gasteiger partial charge on any atom is -0.381 e. The number of likely N-dealkylation sites (N-methyl/N-ethyl adjacent to an activating group) is 1. The van der Waals surface area contributed by atoms with Crippen molar-refractivity contribution in [3.8, 4) is 17.3 Å². The summed E-state index contributed by atoms with van der Waals surface area (Å²) in [5.74, 6) is -1.42. The van der Waals surface area contributed by atoms with Crippen LogP contribution in [0.5, 0.6) is 0 Å². The minimum absolute atomic E-state index is 0.00216. The highest BCUT2D eigenvalue weighted by Crippen LogP contribution is 2.41. The maximum Gasteiger partial charge on any atom is 0.254 e. The Morgan fingerprint density at radius 1 is 1.03 bits per heavy atom. The predicted octanol–water partition coefficient (Wildman–Crippen LogP) is 3.37. The fourth-order valence-electron chi connectivity index (χ4n) is 10.0. The van der Waals surface area contributed by atoms with Crippen molar-refractivity contribution in [2.45, 2.75) is 116 Å². The zero-order valence-corrected chi connectivity index (χ0v) is 44.7. The third-order valence-electron chi connectivity index (χ3n) is 14.2. The van der Waals surface area contributed by atoms with Crippen molar-refractivity contribution in [2.75, 3.05) is 77.3 Å². The Balaban J connectivity index is 0.882. The summed E-state index contributed by atoms with van der Waals surface area (Å²) in [7, 11) is 3.30. The first-order valence-electron chi connectivity index (χ1n) is 26.2. The molecule has 6 atom stereocenters. The number of anilines is 2. The van der Waals surface area contributed by atoms with E-state index >= 15 is 0 Å². The first-order valence-corrected chi connectivity index (χ1v) is 26.2. The molecule has 3 aliphatic rings. The van der Waals surface area contributed by atoms with Crippen LogP contribution in [0.1, 0.15) is 112 Å². The van der Waals surface area contributed by atoms with Crippen molar-refractivity contribution in [2.24, 2.45) is 5.41 Å². The van der Waals surface area contributed by atoms with E-state index in [0.29, 0.717) is 72.9 Å². The molecule has 2 saturated heterocycles. The number of nitrogens with two attached hydrogens (primary N) is 1. The molecule has 0 unspecified atom stereocenters. The van der Waals surface area contributed by atoms with Gasteiger partial charge in [-0.25, -0.2) is 14.4 Å². The molecule has 76 heavy (non-hydrogen) atoms. The zero-order chi connectivity index (χ0) is 54.7. The van der Waals surface area contributed by atoms with Crippen molar-refractivity contribution < 1.29 is 37.8 Å². The van der Waals surface area contributed by atoms with E-state index in [0.717, 1.165) is 12.0 Å². The van der Waals surface area contributed by atoms with Crippen molar-refractivity contribution >= 4 is 41.2 Å². The molecule has 4 aromatic rings. The molecule has 2 aromatic carbocycles. The van der Waals surface area contributed by atoms with Crippen LogP contribution >= 0.6 is 0 Å². The van der Waals surface area contributed by atoms with Gasteiger partial charge in [0.05, 0.1) is 80.8 Å². The van der Waals surface area contributed by atoms with Gasteiger partial charge in [0.15, 0.2) is 11.6 Å². The van der Waals surface area contributed by atoms with Gasteiger partial charge in [-0.3, -0.25) is 28.7 Å². The summed E-state index contributed by atoms with van der Waals surface area (Å²) in [4.78, 5) is 82.7. The molecule has 2 fully saturated rings. The summed E-state index contributed by atoms with van der Waals surface area (Å²) in [5.41, 5.74) is 8.91. The summed E-state index contributed by atoms with van der Waals surface area (Å²) >= 11 is 0. The third-order valence-corrected chi connectivity index (χ3v) is 14.2. The molecular formula is C54H73FN14O7. The van der Waals surface area contributed by atoms with Crippen LogP contribution < -0.4 is 37.2 Å². The van der Waals surface area contributed by atoms with E-state index in [-0.39, 0.29) is 112 Å². The van der Waals surface area contributed by atoms with Gasteiger partial charge in [0.25, 0.3) is 5.91 Å². The predicted molar refractivity (Wildman–Crippen MR) is 283 cm³/mol. The maximum absolute atomic E-state index is 14.7. The average molecular weight is 1050 g/mol. The normalized spacial score (nSPS) is 18.5. The molecule has 2 bridgehead atoms. The van der Waals surface area contributed by atoms with Crippen LogP contribution in [0.2, 0.25) is 0 Å². The number of likely N-dealkylation sites (tertiary alicyclic amines) is 1. The second-order valence-corrected chi connectivity index (χ2v) is 20.6. The number of hydrogen-bond donors (Lipinski definition) is 6. The Bertz CT molecular complexity index is 2750. The Morgan fingerprint density at radius 2 is 1.78 bits per heavy atom. The van der Waals surface area contributed by atoms with Crippen LogP contribution in [0, 0.1) is 22.6 Å². The van der Waals surface area contributed by atoms with Crippen LogP contribution in [-0.2, 0) is 41.7 Å². The molecule has 7 rings (SSSR count). The first kappa shape index (κ1) is 56.7. The number of carbonyl (C=O) groups excluding carboxylic acids is 5.